The summed E-state index contributed by atoms with van der Waals surface area (Å²) < 4.78 is 2.17. The predicted octanol–water partition coefficient (Wildman–Crippen LogP) is 10.0. The molecule has 9 heteroatoms. The highest BCUT2D eigenvalue weighted by atomic mass is 33.5. The average Bonchev–Trinajstić information content (AvgIpc) is 3.13. The molecule has 0 fully saturated rings. The highest BCUT2D eigenvalue weighted by Gasteiger charge is 2.07. The quantitative estimate of drug-likeness (QED) is 0.128. The van der Waals surface area contributed by atoms with Crippen molar-refractivity contribution >= 4 is 74.2 Å². The first-order valence-electron chi connectivity index (χ1n) is 10.1. The van der Waals surface area contributed by atoms with Crippen molar-refractivity contribution in [3.8, 4) is 0 Å². The maximum atomic E-state index is 4.29. The molecule has 0 unspecified atom stereocenters. The zero-order chi connectivity index (χ0) is 19.4. The smallest absolute Gasteiger partial charge is 0.130 e. The van der Waals surface area contributed by atoms with E-state index in [4.69, 9.17) is 0 Å². The van der Waals surface area contributed by atoms with Crippen LogP contribution < -0.4 is 0 Å². The van der Waals surface area contributed by atoms with E-state index in [-0.39, 0.29) is 0 Å². The van der Waals surface area contributed by atoms with Gasteiger partial charge in [-0.3, -0.25) is 0 Å². The van der Waals surface area contributed by atoms with Crippen molar-refractivity contribution in [2.45, 2.75) is 99.6 Å². The van der Waals surface area contributed by atoms with Crippen molar-refractivity contribution in [2.75, 3.05) is 11.5 Å². The van der Waals surface area contributed by atoms with Crippen molar-refractivity contribution in [2.24, 2.45) is 0 Å². The van der Waals surface area contributed by atoms with Crippen LogP contribution in [0.4, 0.5) is 0 Å². The van der Waals surface area contributed by atoms with Crippen molar-refractivity contribution in [1.82, 2.24) is 10.2 Å². The third-order valence-electron chi connectivity index (χ3n) is 3.86. The summed E-state index contributed by atoms with van der Waals surface area (Å²) in [6.07, 6.45) is 16.5. The molecule has 0 saturated heterocycles. The highest BCUT2D eigenvalue weighted by Crippen LogP contribution is 2.46. The van der Waals surface area contributed by atoms with Crippen LogP contribution in [0.5, 0.6) is 0 Å². The third-order valence-corrected chi connectivity index (χ3v) is 13.6. The summed E-state index contributed by atoms with van der Waals surface area (Å²) >= 11 is 1.72. The van der Waals surface area contributed by atoms with E-state index in [0.717, 1.165) is 8.68 Å². The van der Waals surface area contributed by atoms with E-state index in [1.165, 1.54) is 88.6 Å². The first-order chi connectivity index (χ1) is 13.4. The summed E-state index contributed by atoms with van der Waals surface area (Å²) in [4.78, 5) is 0. The Bertz CT molecular complexity index is 395. The van der Waals surface area contributed by atoms with Crippen LogP contribution in [0.15, 0.2) is 8.68 Å². The molecule has 2 nitrogen and oxygen atoms in total. The van der Waals surface area contributed by atoms with E-state index < -0.39 is 0 Å². The summed E-state index contributed by atoms with van der Waals surface area (Å²) in [6.45, 7) is 4.55. The number of hydrogen-bond acceptors (Lipinski definition) is 9. The van der Waals surface area contributed by atoms with Gasteiger partial charge in [-0.15, -0.1) is 10.2 Å². The molecule has 1 heterocycles. The molecule has 0 aliphatic heterocycles. The molecular formula is C18H34N2S7. The Labute approximate surface area is 194 Å². The van der Waals surface area contributed by atoms with Crippen molar-refractivity contribution in [3.63, 3.8) is 0 Å². The van der Waals surface area contributed by atoms with Gasteiger partial charge in [-0.2, -0.15) is 0 Å². The molecule has 0 N–H and O–H groups in total. The first kappa shape index (κ1) is 26.7. The lowest BCUT2D eigenvalue weighted by Crippen LogP contribution is -1.80. The van der Waals surface area contributed by atoms with Gasteiger partial charge in [-0.05, 0) is 54.1 Å². The van der Waals surface area contributed by atoms with Crippen molar-refractivity contribution in [1.29, 1.82) is 0 Å². The van der Waals surface area contributed by atoms with Gasteiger partial charge in [0.1, 0.15) is 0 Å². The fraction of sp³-hybridized carbons (Fsp3) is 0.889. The van der Waals surface area contributed by atoms with Crippen LogP contribution in [-0.4, -0.2) is 21.7 Å². The number of nitrogens with zero attached hydrogens (tertiary/aromatic N) is 2. The van der Waals surface area contributed by atoms with Crippen LogP contribution in [0.2, 0.25) is 0 Å². The molecule has 158 valence electrons. The van der Waals surface area contributed by atoms with Gasteiger partial charge in [0.05, 0.1) is 0 Å². The first-order valence-corrected chi connectivity index (χ1v) is 18.2. The van der Waals surface area contributed by atoms with Gasteiger partial charge in [-0.25, -0.2) is 0 Å². The third kappa shape index (κ3) is 17.1. The Morgan fingerprint density at radius 3 is 1.44 bits per heavy atom. The largest absolute Gasteiger partial charge is 0.186 e. The lowest BCUT2D eigenvalue weighted by atomic mass is 10.1. The van der Waals surface area contributed by atoms with E-state index in [1.807, 2.05) is 41.2 Å². The van der Waals surface area contributed by atoms with Crippen LogP contribution in [0.25, 0.3) is 0 Å². The monoisotopic (exact) mass is 502 g/mol. The van der Waals surface area contributed by atoms with E-state index in [1.54, 1.807) is 32.9 Å². The Kier molecular flexibility index (Phi) is 20.7. The summed E-state index contributed by atoms with van der Waals surface area (Å²) in [5.41, 5.74) is 0. The minimum Gasteiger partial charge on any atom is -0.130 e. The molecule has 0 atom stereocenters. The molecule has 1 aromatic rings. The van der Waals surface area contributed by atoms with Gasteiger partial charge < -0.3 is 0 Å². The molecule has 0 spiro atoms. The molecule has 0 saturated carbocycles. The topological polar surface area (TPSA) is 25.8 Å². The number of unbranched alkanes of at least 4 members (excludes halogenated alkanes) is 10. The molecule has 1 rings (SSSR count). The lowest BCUT2D eigenvalue weighted by molar-refractivity contribution is 0.627. The number of hydrogen-bond donors (Lipinski definition) is 0. The summed E-state index contributed by atoms with van der Waals surface area (Å²) in [5.74, 6) is 2.49. The SMILES string of the molecule is CCCCCCCCSSSc1nnc(SSSCCCCCCCC)s1. The minimum atomic E-state index is 1.08. The van der Waals surface area contributed by atoms with Crippen molar-refractivity contribution < 1.29 is 0 Å². The fourth-order valence-electron chi connectivity index (χ4n) is 2.32. The lowest BCUT2D eigenvalue weighted by Gasteiger charge is -2.00. The molecule has 0 bridgehead atoms. The van der Waals surface area contributed by atoms with Gasteiger partial charge in [0.15, 0.2) is 8.68 Å². The molecule has 0 aliphatic carbocycles. The predicted molar refractivity (Wildman–Crippen MR) is 138 cm³/mol. The molecule has 0 amide bonds. The highest BCUT2D eigenvalue weighted by molar-refractivity contribution is 9.10. The van der Waals surface area contributed by atoms with Gasteiger partial charge in [0.2, 0.25) is 0 Å². The maximum Gasteiger partial charge on any atom is 0.186 e. The molecule has 0 radical (unpaired) electrons. The molecule has 0 aromatic carbocycles. The minimum absolute atomic E-state index is 1.08. The Balaban J connectivity index is 1.90. The second kappa shape index (κ2) is 20.9. The van der Waals surface area contributed by atoms with E-state index in [9.17, 15) is 0 Å². The number of rotatable bonds is 20. The molecule has 27 heavy (non-hydrogen) atoms. The van der Waals surface area contributed by atoms with Gasteiger partial charge >= 0.3 is 0 Å². The van der Waals surface area contributed by atoms with Crippen LogP contribution >= 0.6 is 74.2 Å². The second-order valence-electron chi connectivity index (χ2n) is 6.32. The van der Waals surface area contributed by atoms with Crippen molar-refractivity contribution in [3.05, 3.63) is 0 Å². The standard InChI is InChI=1S/C18H34N2S7/c1-3-5-7-9-11-13-15-21-26-24-17-19-20-18(23-17)25-27-22-16-14-12-10-8-6-4-2/h3-16H2,1-2H3. The van der Waals surface area contributed by atoms with Gasteiger partial charge in [0.25, 0.3) is 0 Å². The summed E-state index contributed by atoms with van der Waals surface area (Å²) in [6, 6.07) is 0. The van der Waals surface area contributed by atoms with Crippen LogP contribution in [0, 0.1) is 0 Å². The molecular weight excluding hydrogens is 469 g/mol. The summed E-state index contributed by atoms with van der Waals surface area (Å²) in [5, 5.41) is 8.59. The Hall–Kier alpha value is 1.66. The van der Waals surface area contributed by atoms with E-state index in [2.05, 4.69) is 24.0 Å². The van der Waals surface area contributed by atoms with Crippen LogP contribution in [-0.2, 0) is 0 Å². The Morgan fingerprint density at radius 1 is 0.593 bits per heavy atom. The maximum absolute atomic E-state index is 4.29. The Morgan fingerprint density at radius 2 is 1.00 bits per heavy atom. The molecule has 1 aromatic heterocycles. The fourth-order valence-corrected chi connectivity index (χ4v) is 11.9. The zero-order valence-corrected chi connectivity index (χ0v) is 22.4. The normalized spacial score (nSPS) is 11.3. The van der Waals surface area contributed by atoms with Crippen LogP contribution in [0.3, 0.4) is 0 Å². The van der Waals surface area contributed by atoms with E-state index >= 15 is 0 Å². The molecule has 0 aliphatic rings. The van der Waals surface area contributed by atoms with Gasteiger partial charge in [0, 0.05) is 11.5 Å². The van der Waals surface area contributed by atoms with E-state index in [0.29, 0.717) is 0 Å². The second-order valence-corrected chi connectivity index (χ2v) is 16.2. The van der Waals surface area contributed by atoms with Gasteiger partial charge in [-0.1, -0.05) is 111 Å². The zero-order valence-electron chi connectivity index (χ0n) is 16.7. The summed E-state index contributed by atoms with van der Waals surface area (Å²) in [7, 11) is 11.1. The number of aromatic nitrogens is 2. The average molecular weight is 503 g/mol. The van der Waals surface area contributed by atoms with Crippen LogP contribution in [0.1, 0.15) is 90.9 Å².